The Morgan fingerprint density at radius 2 is 2.10 bits per heavy atom. The van der Waals surface area contributed by atoms with Crippen molar-refractivity contribution in [3.05, 3.63) is 29.8 Å². The zero-order valence-electron chi connectivity index (χ0n) is 10.6. The number of hydrogen-bond donors (Lipinski definition) is 2. The molecule has 0 aromatic heterocycles. The quantitative estimate of drug-likeness (QED) is 0.833. The first kappa shape index (κ1) is 13.8. The van der Waals surface area contributed by atoms with E-state index >= 15 is 0 Å². The van der Waals surface area contributed by atoms with Gasteiger partial charge in [0, 0.05) is 12.2 Å². The van der Waals surface area contributed by atoms with Crippen LogP contribution in [0.25, 0.3) is 0 Å². The largest absolute Gasteiger partial charge is 0.480 e. The Hall–Kier alpha value is -2.59. The summed E-state index contributed by atoms with van der Waals surface area (Å²) in [6, 6.07) is 6.82. The number of anilines is 1. The van der Waals surface area contributed by atoms with Crippen LogP contribution in [0.2, 0.25) is 0 Å². The van der Waals surface area contributed by atoms with E-state index in [4.69, 9.17) is 15.1 Å². The van der Waals surface area contributed by atoms with Crippen LogP contribution in [0.5, 0.6) is 0 Å². The molecule has 0 aliphatic carbocycles. The number of carbonyl (C=O) groups is 2. The molecule has 0 radical (unpaired) electrons. The van der Waals surface area contributed by atoms with E-state index in [-0.39, 0.29) is 13.2 Å². The second-order valence-corrected chi connectivity index (χ2v) is 4.24. The Morgan fingerprint density at radius 3 is 2.70 bits per heavy atom. The number of aliphatic carboxylic acids is 1. The molecule has 2 N–H and O–H groups in total. The summed E-state index contributed by atoms with van der Waals surface area (Å²) in [4.78, 5) is 24.4. The van der Waals surface area contributed by atoms with Crippen molar-refractivity contribution < 1.29 is 19.4 Å². The maximum absolute atomic E-state index is 12.1. The Bertz CT molecular complexity index is 550. The van der Waals surface area contributed by atoms with E-state index in [0.29, 0.717) is 17.9 Å². The van der Waals surface area contributed by atoms with E-state index in [2.05, 4.69) is 5.32 Å². The molecule has 1 saturated heterocycles. The highest BCUT2D eigenvalue weighted by atomic mass is 16.5. The van der Waals surface area contributed by atoms with Crippen LogP contribution in [0.4, 0.5) is 10.5 Å². The summed E-state index contributed by atoms with van der Waals surface area (Å²) in [7, 11) is 0. The summed E-state index contributed by atoms with van der Waals surface area (Å²) in [5.41, 5.74) is 0.988. The van der Waals surface area contributed by atoms with Gasteiger partial charge >= 0.3 is 12.0 Å². The number of nitrogens with zero attached hydrogens (tertiary/aromatic N) is 2. The number of hydrogen-bond acceptors (Lipinski definition) is 4. The number of urea groups is 1. The second kappa shape index (κ2) is 6.04. The third-order valence-electron chi connectivity index (χ3n) is 2.94. The van der Waals surface area contributed by atoms with Crippen molar-refractivity contribution in [1.82, 2.24) is 4.90 Å². The van der Waals surface area contributed by atoms with Gasteiger partial charge in [-0.1, -0.05) is 0 Å². The van der Waals surface area contributed by atoms with Gasteiger partial charge < -0.3 is 20.1 Å². The molecule has 0 spiro atoms. The number of nitrogens with one attached hydrogen (secondary N) is 1. The van der Waals surface area contributed by atoms with Crippen LogP contribution in [-0.2, 0) is 9.53 Å². The first-order valence-electron chi connectivity index (χ1n) is 6.00. The minimum absolute atomic E-state index is 0.0177. The van der Waals surface area contributed by atoms with Crippen molar-refractivity contribution in [3.63, 3.8) is 0 Å². The Morgan fingerprint density at radius 1 is 1.40 bits per heavy atom. The average Bonchev–Trinajstić information content (AvgIpc) is 2.48. The number of amides is 2. The number of carbonyl (C=O) groups excluding carboxylic acids is 1. The van der Waals surface area contributed by atoms with Gasteiger partial charge in [0.1, 0.15) is 0 Å². The predicted molar refractivity (Wildman–Crippen MR) is 69.1 cm³/mol. The minimum Gasteiger partial charge on any atom is -0.480 e. The lowest BCUT2D eigenvalue weighted by molar-refractivity contribution is -0.147. The Kier molecular flexibility index (Phi) is 4.17. The monoisotopic (exact) mass is 275 g/mol. The molecule has 1 aromatic rings. The van der Waals surface area contributed by atoms with Crippen molar-refractivity contribution in [3.8, 4) is 6.07 Å². The van der Waals surface area contributed by atoms with Gasteiger partial charge in [-0.05, 0) is 24.3 Å². The normalized spacial score (nSPS) is 18.1. The molecule has 1 aromatic carbocycles. The molecule has 7 heteroatoms. The summed E-state index contributed by atoms with van der Waals surface area (Å²) < 4.78 is 5.07. The van der Waals surface area contributed by atoms with Gasteiger partial charge in [-0.2, -0.15) is 5.26 Å². The van der Waals surface area contributed by atoms with Crippen molar-refractivity contribution in [2.24, 2.45) is 0 Å². The van der Waals surface area contributed by atoms with E-state index < -0.39 is 18.0 Å². The molecule has 1 atom stereocenters. The van der Waals surface area contributed by atoms with E-state index in [1.54, 1.807) is 24.3 Å². The summed E-state index contributed by atoms with van der Waals surface area (Å²) in [5.74, 6) is -1.10. The Balaban J connectivity index is 2.06. The van der Waals surface area contributed by atoms with Gasteiger partial charge in [-0.3, -0.25) is 0 Å². The van der Waals surface area contributed by atoms with Crippen LogP contribution in [-0.4, -0.2) is 47.8 Å². The SMILES string of the molecule is N#Cc1ccc(NC(=O)N2CCOCC2C(=O)O)cc1. The fraction of sp³-hybridized carbons (Fsp3) is 0.308. The second-order valence-electron chi connectivity index (χ2n) is 4.24. The van der Waals surface area contributed by atoms with Crippen LogP contribution in [0.3, 0.4) is 0 Å². The molecule has 1 fully saturated rings. The molecule has 1 unspecified atom stereocenters. The Labute approximate surface area is 115 Å². The lowest BCUT2D eigenvalue weighted by atomic mass is 10.2. The van der Waals surface area contributed by atoms with Crippen molar-refractivity contribution in [1.29, 1.82) is 5.26 Å². The minimum atomic E-state index is -1.10. The van der Waals surface area contributed by atoms with Gasteiger partial charge in [0.2, 0.25) is 0 Å². The van der Waals surface area contributed by atoms with Crippen molar-refractivity contribution in [2.75, 3.05) is 25.1 Å². The van der Waals surface area contributed by atoms with E-state index in [0.717, 1.165) is 0 Å². The molecule has 1 heterocycles. The van der Waals surface area contributed by atoms with Crippen molar-refractivity contribution in [2.45, 2.75) is 6.04 Å². The van der Waals surface area contributed by atoms with Gasteiger partial charge in [-0.25, -0.2) is 9.59 Å². The highest BCUT2D eigenvalue weighted by molar-refractivity contribution is 5.92. The summed E-state index contributed by atoms with van der Waals surface area (Å²) in [6.07, 6.45) is 0. The van der Waals surface area contributed by atoms with Crippen LogP contribution in [0.15, 0.2) is 24.3 Å². The summed E-state index contributed by atoms with van der Waals surface area (Å²) >= 11 is 0. The molecular formula is C13H13N3O4. The molecule has 20 heavy (non-hydrogen) atoms. The zero-order valence-corrected chi connectivity index (χ0v) is 10.6. The van der Waals surface area contributed by atoms with E-state index in [1.165, 1.54) is 4.90 Å². The maximum Gasteiger partial charge on any atom is 0.328 e. The number of benzene rings is 1. The van der Waals surface area contributed by atoms with Crippen LogP contribution in [0, 0.1) is 11.3 Å². The number of carboxylic acid groups (broad SMARTS) is 1. The lowest BCUT2D eigenvalue weighted by Gasteiger charge is -2.32. The number of rotatable bonds is 2. The molecule has 0 saturated carbocycles. The van der Waals surface area contributed by atoms with Gasteiger partial charge in [0.05, 0.1) is 24.8 Å². The number of morpholine rings is 1. The average molecular weight is 275 g/mol. The molecule has 7 nitrogen and oxygen atoms in total. The van der Waals surface area contributed by atoms with E-state index in [1.807, 2.05) is 6.07 Å². The van der Waals surface area contributed by atoms with Gasteiger partial charge in [0.25, 0.3) is 0 Å². The molecular weight excluding hydrogens is 262 g/mol. The molecule has 2 amide bonds. The number of carboxylic acids is 1. The molecule has 1 aliphatic heterocycles. The fourth-order valence-electron chi connectivity index (χ4n) is 1.87. The first-order chi connectivity index (χ1) is 9.61. The fourth-order valence-corrected chi connectivity index (χ4v) is 1.87. The molecule has 2 rings (SSSR count). The van der Waals surface area contributed by atoms with Crippen LogP contribution in [0.1, 0.15) is 5.56 Å². The lowest BCUT2D eigenvalue weighted by Crippen LogP contribution is -2.53. The van der Waals surface area contributed by atoms with Crippen molar-refractivity contribution >= 4 is 17.7 Å². The third kappa shape index (κ3) is 3.05. The highest BCUT2D eigenvalue weighted by Gasteiger charge is 2.32. The third-order valence-corrected chi connectivity index (χ3v) is 2.94. The molecule has 104 valence electrons. The smallest absolute Gasteiger partial charge is 0.328 e. The topological polar surface area (TPSA) is 103 Å². The number of ether oxygens (including phenoxy) is 1. The van der Waals surface area contributed by atoms with Crippen LogP contribution >= 0.6 is 0 Å². The van der Waals surface area contributed by atoms with E-state index in [9.17, 15) is 9.59 Å². The molecule has 0 bridgehead atoms. The maximum atomic E-state index is 12.1. The molecule has 1 aliphatic rings. The predicted octanol–water partition coefficient (Wildman–Crippen LogP) is 0.876. The summed E-state index contributed by atoms with van der Waals surface area (Å²) in [6.45, 7) is 0.514. The summed E-state index contributed by atoms with van der Waals surface area (Å²) in [5, 5.41) is 20.3. The highest BCUT2D eigenvalue weighted by Crippen LogP contribution is 2.13. The van der Waals surface area contributed by atoms with Crippen LogP contribution < -0.4 is 5.32 Å². The standard InChI is InChI=1S/C13H13N3O4/c14-7-9-1-3-10(4-2-9)15-13(19)16-5-6-20-8-11(16)12(17)18/h1-4,11H,5-6,8H2,(H,15,19)(H,17,18). The first-order valence-corrected chi connectivity index (χ1v) is 6.00. The van der Waals surface area contributed by atoms with Gasteiger partial charge in [-0.15, -0.1) is 0 Å². The zero-order chi connectivity index (χ0) is 14.5. The number of nitriles is 1. The van der Waals surface area contributed by atoms with Gasteiger partial charge in [0.15, 0.2) is 6.04 Å².